The molecule has 0 aliphatic carbocycles. The zero-order chi connectivity index (χ0) is 17.1. The third-order valence-corrected chi connectivity index (χ3v) is 7.27. The molecule has 2 heterocycles. The Balaban J connectivity index is 2.00. The Hall–Kier alpha value is -1.79. The number of hydrogen-bond donors (Lipinski definition) is 0. The molecule has 0 radical (unpaired) electrons. The summed E-state index contributed by atoms with van der Waals surface area (Å²) < 4.78 is 23.9. The first-order valence-corrected chi connectivity index (χ1v) is 10.6. The number of benzene rings is 2. The van der Waals surface area contributed by atoms with Crippen molar-refractivity contribution in [1.29, 1.82) is 0 Å². The van der Waals surface area contributed by atoms with Crippen molar-refractivity contribution in [2.75, 3.05) is 18.6 Å². The van der Waals surface area contributed by atoms with Crippen molar-refractivity contribution >= 4 is 27.5 Å². The molecular weight excluding hydrogens is 342 g/mol. The van der Waals surface area contributed by atoms with Crippen molar-refractivity contribution in [1.82, 2.24) is 4.90 Å². The molecule has 4 nitrogen and oxygen atoms in total. The van der Waals surface area contributed by atoms with Crippen LogP contribution in [0.15, 0.2) is 47.4 Å². The topological polar surface area (TPSA) is 54.5 Å². The monoisotopic (exact) mass is 359 g/mol. The van der Waals surface area contributed by atoms with Gasteiger partial charge in [-0.3, -0.25) is 4.79 Å². The van der Waals surface area contributed by atoms with Gasteiger partial charge < -0.3 is 4.90 Å². The lowest BCUT2D eigenvalue weighted by atomic mass is 9.95. The molecule has 0 spiro atoms. The van der Waals surface area contributed by atoms with E-state index in [4.69, 9.17) is 0 Å². The average molecular weight is 359 g/mol. The van der Waals surface area contributed by atoms with Gasteiger partial charge in [-0.2, -0.15) is 0 Å². The van der Waals surface area contributed by atoms with Gasteiger partial charge in [-0.1, -0.05) is 29.8 Å². The maximum absolute atomic E-state index is 12.8. The van der Waals surface area contributed by atoms with Crippen molar-refractivity contribution in [2.24, 2.45) is 0 Å². The second kappa shape index (κ2) is 5.10. The Morgan fingerprint density at radius 1 is 1.17 bits per heavy atom. The molecule has 2 aromatic rings. The molecule has 2 aliphatic rings. The van der Waals surface area contributed by atoms with E-state index in [2.05, 4.69) is 6.07 Å². The minimum absolute atomic E-state index is 0.0276. The number of fused-ring (bicyclic) bond motifs is 3. The highest BCUT2D eigenvalue weighted by Crippen LogP contribution is 2.55. The summed E-state index contributed by atoms with van der Waals surface area (Å²) in [6.07, 6.45) is 1.21. The van der Waals surface area contributed by atoms with Crippen molar-refractivity contribution in [2.45, 2.75) is 16.7 Å². The Kier molecular flexibility index (Phi) is 3.34. The standard InChI is InChI=1S/C18H17NO3S2/c1-12-6-7-15-16(10-12)18(19(17(15)20)8-9-23-18)13-4-3-5-14(11-13)24(2,21)22/h3-7,10-11H,8-9H2,1-2H3. The van der Waals surface area contributed by atoms with Gasteiger partial charge in [0.25, 0.3) is 5.91 Å². The number of aryl methyl sites for hydroxylation is 1. The molecule has 0 N–H and O–H groups in total. The Morgan fingerprint density at radius 2 is 1.96 bits per heavy atom. The van der Waals surface area contributed by atoms with E-state index >= 15 is 0 Å². The van der Waals surface area contributed by atoms with Crippen molar-refractivity contribution in [3.63, 3.8) is 0 Å². The number of carbonyl (C=O) groups excluding carboxylic acids is 1. The van der Waals surface area contributed by atoms with Crippen LogP contribution in [0.4, 0.5) is 0 Å². The van der Waals surface area contributed by atoms with Crippen LogP contribution in [0.3, 0.4) is 0 Å². The smallest absolute Gasteiger partial charge is 0.255 e. The molecule has 0 aromatic heterocycles. The van der Waals surface area contributed by atoms with Gasteiger partial charge >= 0.3 is 0 Å². The van der Waals surface area contributed by atoms with E-state index in [-0.39, 0.29) is 10.8 Å². The summed E-state index contributed by atoms with van der Waals surface area (Å²) in [6.45, 7) is 2.67. The zero-order valence-electron chi connectivity index (χ0n) is 13.4. The number of hydrogen-bond acceptors (Lipinski definition) is 4. The van der Waals surface area contributed by atoms with Gasteiger partial charge in [-0.05, 0) is 30.7 Å². The van der Waals surface area contributed by atoms with Crippen LogP contribution in [-0.2, 0) is 14.7 Å². The molecule has 1 atom stereocenters. The van der Waals surface area contributed by atoms with E-state index < -0.39 is 14.7 Å². The number of sulfone groups is 1. The highest BCUT2D eigenvalue weighted by Gasteiger charge is 2.54. The summed E-state index contributed by atoms with van der Waals surface area (Å²) in [5.74, 6) is 0.863. The third kappa shape index (κ3) is 2.06. The van der Waals surface area contributed by atoms with E-state index in [0.717, 1.165) is 28.0 Å². The first kappa shape index (κ1) is 15.7. The van der Waals surface area contributed by atoms with Gasteiger partial charge in [-0.25, -0.2) is 8.42 Å². The van der Waals surface area contributed by atoms with Gasteiger partial charge in [0.05, 0.1) is 4.90 Å². The molecule has 1 amide bonds. The second-order valence-electron chi connectivity index (χ2n) is 6.30. The molecule has 124 valence electrons. The number of nitrogens with zero attached hydrogens (tertiary/aromatic N) is 1. The first-order chi connectivity index (χ1) is 11.3. The van der Waals surface area contributed by atoms with Crippen LogP contribution in [0, 0.1) is 6.92 Å². The van der Waals surface area contributed by atoms with Crippen molar-refractivity contribution in [3.05, 3.63) is 64.7 Å². The lowest BCUT2D eigenvalue weighted by molar-refractivity contribution is 0.0752. The summed E-state index contributed by atoms with van der Waals surface area (Å²) >= 11 is 1.70. The molecule has 0 bridgehead atoms. The van der Waals surface area contributed by atoms with Crippen LogP contribution in [0.25, 0.3) is 0 Å². The highest BCUT2D eigenvalue weighted by molar-refractivity contribution is 8.00. The SMILES string of the molecule is Cc1ccc2c(c1)C1(c3cccc(S(C)(=O)=O)c3)SCCN1C2=O. The molecule has 2 aromatic carbocycles. The number of carbonyl (C=O) groups is 1. The predicted molar refractivity (Wildman–Crippen MR) is 95.0 cm³/mol. The maximum atomic E-state index is 12.8. The predicted octanol–water partition coefficient (Wildman–Crippen LogP) is 2.80. The second-order valence-corrected chi connectivity index (χ2v) is 9.60. The minimum atomic E-state index is -3.30. The van der Waals surface area contributed by atoms with E-state index in [9.17, 15) is 13.2 Å². The van der Waals surface area contributed by atoms with E-state index in [1.807, 2.05) is 30.0 Å². The van der Waals surface area contributed by atoms with Crippen LogP contribution >= 0.6 is 11.8 Å². The summed E-state index contributed by atoms with van der Waals surface area (Å²) in [6, 6.07) is 12.9. The minimum Gasteiger partial charge on any atom is -0.315 e. The summed E-state index contributed by atoms with van der Waals surface area (Å²) in [7, 11) is -3.30. The molecule has 2 aliphatic heterocycles. The average Bonchev–Trinajstić information content (AvgIpc) is 3.07. The summed E-state index contributed by atoms with van der Waals surface area (Å²) in [5, 5.41) is 0. The Morgan fingerprint density at radius 3 is 2.71 bits per heavy atom. The molecule has 1 saturated heterocycles. The van der Waals surface area contributed by atoms with E-state index in [1.54, 1.807) is 30.0 Å². The van der Waals surface area contributed by atoms with E-state index in [0.29, 0.717) is 6.54 Å². The fourth-order valence-corrected chi connectivity index (χ4v) is 5.77. The van der Waals surface area contributed by atoms with Crippen LogP contribution in [0.1, 0.15) is 27.0 Å². The first-order valence-electron chi connectivity index (χ1n) is 7.72. The quantitative estimate of drug-likeness (QED) is 0.827. The lowest BCUT2D eigenvalue weighted by Gasteiger charge is -2.32. The number of thioether (sulfide) groups is 1. The van der Waals surface area contributed by atoms with Gasteiger partial charge in [0.1, 0.15) is 4.87 Å². The van der Waals surface area contributed by atoms with Crippen LogP contribution < -0.4 is 0 Å². The van der Waals surface area contributed by atoms with Crippen molar-refractivity contribution < 1.29 is 13.2 Å². The zero-order valence-corrected chi connectivity index (χ0v) is 15.1. The fourth-order valence-electron chi connectivity index (χ4n) is 3.59. The molecule has 6 heteroatoms. The van der Waals surface area contributed by atoms with Gasteiger partial charge in [-0.15, -0.1) is 11.8 Å². The van der Waals surface area contributed by atoms with E-state index in [1.165, 1.54) is 6.26 Å². The number of rotatable bonds is 2. The van der Waals surface area contributed by atoms with Gasteiger partial charge in [0, 0.05) is 29.7 Å². The molecule has 24 heavy (non-hydrogen) atoms. The molecule has 1 fully saturated rings. The normalized spacial score (nSPS) is 22.6. The largest absolute Gasteiger partial charge is 0.315 e. The third-order valence-electron chi connectivity index (χ3n) is 4.68. The van der Waals surface area contributed by atoms with Crippen LogP contribution in [-0.4, -0.2) is 37.8 Å². The molecule has 0 saturated carbocycles. The Labute approximate surface area is 145 Å². The van der Waals surface area contributed by atoms with Crippen LogP contribution in [0.2, 0.25) is 0 Å². The summed E-state index contributed by atoms with van der Waals surface area (Å²) in [5.41, 5.74) is 3.64. The fraction of sp³-hybridized carbons (Fsp3) is 0.278. The molecule has 1 unspecified atom stereocenters. The highest BCUT2D eigenvalue weighted by atomic mass is 32.2. The maximum Gasteiger partial charge on any atom is 0.255 e. The van der Waals surface area contributed by atoms with Crippen LogP contribution in [0.5, 0.6) is 0 Å². The van der Waals surface area contributed by atoms with Gasteiger partial charge in [0.2, 0.25) is 0 Å². The molecule has 4 rings (SSSR count). The lowest BCUT2D eigenvalue weighted by Crippen LogP contribution is -2.37. The van der Waals surface area contributed by atoms with Gasteiger partial charge in [0.15, 0.2) is 9.84 Å². The molecular formula is C18H17NO3S2. The van der Waals surface area contributed by atoms with Crippen molar-refractivity contribution in [3.8, 4) is 0 Å². The summed E-state index contributed by atoms with van der Waals surface area (Å²) in [4.78, 5) is 14.4. The Bertz CT molecular complexity index is 968. The number of amides is 1.